The second-order valence-corrected chi connectivity index (χ2v) is 2.73. The first-order valence-corrected chi connectivity index (χ1v) is 3.71. The molecule has 0 aliphatic heterocycles. The van der Waals surface area contributed by atoms with E-state index in [4.69, 9.17) is 0 Å². The van der Waals surface area contributed by atoms with Crippen molar-refractivity contribution in [2.24, 2.45) is 0 Å². The fourth-order valence-electron chi connectivity index (χ4n) is 0.244. The van der Waals surface area contributed by atoms with Gasteiger partial charge in [-0.1, -0.05) is 0 Å². The van der Waals surface area contributed by atoms with Crippen LogP contribution in [0, 0.1) is 0 Å². The summed E-state index contributed by atoms with van der Waals surface area (Å²) in [5.74, 6) is 0. The fourth-order valence-corrected chi connectivity index (χ4v) is 0.731. The van der Waals surface area contributed by atoms with Crippen LogP contribution in [0.3, 0.4) is 0 Å². The minimum atomic E-state index is -4.34. The van der Waals surface area contributed by atoms with Gasteiger partial charge in [-0.2, -0.15) is 13.2 Å². The van der Waals surface area contributed by atoms with Crippen molar-refractivity contribution in [3.05, 3.63) is 0 Å². The second-order valence-electron chi connectivity index (χ2n) is 1.49. The van der Waals surface area contributed by atoms with E-state index in [-0.39, 0.29) is 29.6 Å². The molecule has 0 heterocycles. The van der Waals surface area contributed by atoms with E-state index in [9.17, 15) is 22.6 Å². The van der Waals surface area contributed by atoms with E-state index in [2.05, 4.69) is 0 Å². The molecule has 0 aromatic heterocycles. The quantitative estimate of drug-likeness (QED) is 0.360. The summed E-state index contributed by atoms with van der Waals surface area (Å²) in [7, 11) is -3.19. The van der Waals surface area contributed by atoms with Gasteiger partial charge in [-0.25, -0.2) is 0 Å². The van der Waals surface area contributed by atoms with Crippen LogP contribution in [-0.2, 0) is 4.57 Å². The molecule has 0 aliphatic carbocycles. The van der Waals surface area contributed by atoms with Crippen LogP contribution in [0.25, 0.3) is 0 Å². The zero-order valence-electron chi connectivity index (χ0n) is 5.36. The summed E-state index contributed by atoms with van der Waals surface area (Å²) in [5, 5.41) is 0. The van der Waals surface area contributed by atoms with Gasteiger partial charge in [0.25, 0.3) is 0 Å². The van der Waals surface area contributed by atoms with Crippen molar-refractivity contribution in [3.63, 3.8) is 0 Å². The van der Waals surface area contributed by atoms with Crippen molar-refractivity contribution >= 4 is 8.03 Å². The van der Waals surface area contributed by atoms with Crippen molar-refractivity contribution < 1.29 is 52.2 Å². The summed E-state index contributed by atoms with van der Waals surface area (Å²) in [4.78, 5) is 9.62. The van der Waals surface area contributed by atoms with Crippen LogP contribution >= 0.6 is 8.03 Å². The minimum Gasteiger partial charge on any atom is -0.802 e. The Morgan fingerprint density at radius 3 is 1.90 bits per heavy atom. The fraction of sp³-hybridized carbons (Fsp3) is 1.00. The van der Waals surface area contributed by atoms with E-state index in [1.165, 1.54) is 0 Å². The van der Waals surface area contributed by atoms with Crippen LogP contribution in [0.5, 0.6) is 0 Å². The van der Waals surface area contributed by atoms with Gasteiger partial charge in [0.15, 0.2) is 0 Å². The molecule has 0 fully saturated rings. The molecule has 0 aliphatic rings. The molecule has 0 saturated carbocycles. The van der Waals surface area contributed by atoms with Gasteiger partial charge in [-0.3, -0.25) is 0 Å². The maximum atomic E-state index is 11.2. The van der Waals surface area contributed by atoms with Gasteiger partial charge in [0.2, 0.25) is 0 Å². The molecule has 0 amide bonds. The van der Waals surface area contributed by atoms with E-state index < -0.39 is 26.8 Å². The average Bonchev–Trinajstić information content (AvgIpc) is 1.59. The van der Waals surface area contributed by atoms with Crippen molar-refractivity contribution in [2.45, 2.75) is 12.6 Å². The Morgan fingerprint density at radius 2 is 1.80 bits per heavy atom. The third-order valence-electron chi connectivity index (χ3n) is 0.613. The molecule has 0 aromatic carbocycles. The summed E-state index contributed by atoms with van der Waals surface area (Å²) >= 11 is 0. The first-order chi connectivity index (χ1) is 3.92. The monoisotopic (exact) mass is 184 g/mol. The van der Waals surface area contributed by atoms with Gasteiger partial charge in [-0.15, -0.1) is 0 Å². The third-order valence-corrected chi connectivity index (χ3v) is 1.27. The Bertz CT molecular complexity index is 115. The van der Waals surface area contributed by atoms with Gasteiger partial charge >= 0.3 is 35.7 Å². The molecule has 56 valence electrons. The van der Waals surface area contributed by atoms with E-state index in [1.54, 1.807) is 0 Å². The van der Waals surface area contributed by atoms with Gasteiger partial charge in [-0.05, 0) is 6.16 Å². The normalized spacial score (nSPS) is 14.0. The smallest absolute Gasteiger partial charge is 0.802 e. The van der Waals surface area contributed by atoms with Gasteiger partial charge < -0.3 is 9.46 Å². The summed E-state index contributed by atoms with van der Waals surface area (Å²) in [6, 6.07) is 0. The largest absolute Gasteiger partial charge is 1.00 e. The Morgan fingerprint density at radius 1 is 1.40 bits per heavy atom. The molecule has 7 heteroatoms. The number of halogens is 3. The summed E-state index contributed by atoms with van der Waals surface area (Å²) in [5.41, 5.74) is 0. The van der Waals surface area contributed by atoms with Crippen LogP contribution in [-0.4, -0.2) is 12.3 Å². The zero-order valence-corrected chi connectivity index (χ0v) is 8.36. The van der Waals surface area contributed by atoms with Gasteiger partial charge in [0, 0.05) is 14.4 Å². The van der Waals surface area contributed by atoms with Crippen molar-refractivity contribution in [2.75, 3.05) is 6.16 Å². The maximum Gasteiger partial charge on any atom is 1.00 e. The van der Waals surface area contributed by atoms with Gasteiger partial charge in [0.05, 0.1) is 0 Å². The molecule has 1 unspecified atom stereocenters. The molecule has 10 heavy (non-hydrogen) atoms. The van der Waals surface area contributed by atoms with Crippen LogP contribution in [0.15, 0.2) is 0 Å². The molecule has 0 radical (unpaired) electrons. The molecule has 0 rings (SSSR count). The number of hydrogen-bond acceptors (Lipinski definition) is 2. The predicted molar refractivity (Wildman–Crippen MR) is 24.5 cm³/mol. The standard InChI is InChI=1S/C3H6F3O2P.Na/c4-3(5,6)1-2-9(7)8;/h9H,1-2H2,(H,7,8);/q;+1/p-1. The molecule has 0 saturated heterocycles. The zero-order chi connectivity index (χ0) is 7.49. The summed E-state index contributed by atoms with van der Waals surface area (Å²) in [6.45, 7) is 0. The second kappa shape index (κ2) is 5.61. The Balaban J connectivity index is 0. The van der Waals surface area contributed by atoms with Gasteiger partial charge in [0.1, 0.15) is 0 Å². The van der Waals surface area contributed by atoms with Crippen LogP contribution < -0.4 is 34.5 Å². The topological polar surface area (TPSA) is 40.1 Å². The van der Waals surface area contributed by atoms with Crippen molar-refractivity contribution in [1.82, 2.24) is 0 Å². The van der Waals surface area contributed by atoms with Crippen LogP contribution in [0.4, 0.5) is 13.2 Å². The van der Waals surface area contributed by atoms with E-state index in [1.807, 2.05) is 0 Å². The SMILES string of the molecule is O=[PH]([O-])CCC(F)(F)F.[Na+]. The Labute approximate surface area is 79.0 Å². The maximum absolute atomic E-state index is 11.2. The minimum absolute atomic E-state index is 0. The first-order valence-electron chi connectivity index (χ1n) is 2.18. The number of rotatable bonds is 2. The summed E-state index contributed by atoms with van der Waals surface area (Å²) in [6.07, 6.45) is -6.34. The Kier molecular flexibility index (Phi) is 7.60. The van der Waals surface area contributed by atoms with Crippen molar-refractivity contribution in [3.8, 4) is 0 Å². The van der Waals surface area contributed by atoms with E-state index in [0.29, 0.717) is 0 Å². The number of hydrogen-bond donors (Lipinski definition) is 0. The number of alkyl halides is 3. The molecule has 0 aromatic rings. The predicted octanol–water partition coefficient (Wildman–Crippen LogP) is -2.22. The molecular formula is C3H5F3NaO2P. The Hall–Kier alpha value is 0.980. The third kappa shape index (κ3) is 11.7. The average molecular weight is 184 g/mol. The molecule has 0 bridgehead atoms. The van der Waals surface area contributed by atoms with E-state index >= 15 is 0 Å². The molecular weight excluding hydrogens is 179 g/mol. The molecule has 1 atom stereocenters. The summed E-state index contributed by atoms with van der Waals surface area (Å²) < 4.78 is 43.1. The first kappa shape index (κ1) is 13.6. The van der Waals surface area contributed by atoms with Crippen LogP contribution in [0.2, 0.25) is 0 Å². The molecule has 0 N–H and O–H groups in total. The van der Waals surface area contributed by atoms with Crippen molar-refractivity contribution in [1.29, 1.82) is 0 Å². The van der Waals surface area contributed by atoms with Crippen LogP contribution in [0.1, 0.15) is 6.42 Å². The molecule has 0 spiro atoms. The van der Waals surface area contributed by atoms with E-state index in [0.717, 1.165) is 0 Å². The molecule has 2 nitrogen and oxygen atoms in total.